The van der Waals surface area contributed by atoms with Gasteiger partial charge >= 0.3 is 0 Å². The van der Waals surface area contributed by atoms with Crippen molar-refractivity contribution in [2.45, 2.75) is 25.7 Å². The van der Waals surface area contributed by atoms with Gasteiger partial charge in [0, 0.05) is 11.8 Å². The van der Waals surface area contributed by atoms with E-state index >= 15 is 0 Å². The molecule has 2 atom stereocenters. The summed E-state index contributed by atoms with van der Waals surface area (Å²) < 4.78 is 0. The molecule has 0 nitrogen and oxygen atoms in total. The molecule has 6 rings (SSSR count). The Morgan fingerprint density at radius 1 is 0.429 bits per heavy atom. The van der Waals surface area contributed by atoms with Gasteiger partial charge in [0.15, 0.2) is 0 Å². The summed E-state index contributed by atoms with van der Waals surface area (Å²) in [6.45, 7) is 4.55. The fourth-order valence-electron chi connectivity index (χ4n) is 5.69. The van der Waals surface area contributed by atoms with Crippen molar-refractivity contribution in [3.63, 3.8) is 0 Å². The average molecular weight is 358 g/mol. The van der Waals surface area contributed by atoms with E-state index in [9.17, 15) is 0 Å². The Balaban J connectivity index is 1.71. The molecular weight excluding hydrogens is 336 g/mol. The Morgan fingerprint density at radius 2 is 0.821 bits per heavy atom. The lowest BCUT2D eigenvalue weighted by Gasteiger charge is -2.26. The highest BCUT2D eigenvalue weighted by Gasteiger charge is 2.41. The van der Waals surface area contributed by atoms with Crippen LogP contribution in [-0.4, -0.2) is 0 Å². The molecule has 0 spiro atoms. The van der Waals surface area contributed by atoms with E-state index in [1.807, 2.05) is 0 Å². The first kappa shape index (κ1) is 15.9. The van der Waals surface area contributed by atoms with Crippen molar-refractivity contribution in [2.24, 2.45) is 0 Å². The van der Waals surface area contributed by atoms with Gasteiger partial charge in [-0.05, 0) is 69.5 Å². The largest absolute Gasteiger partial charge is 0.0619 e. The van der Waals surface area contributed by atoms with Crippen LogP contribution < -0.4 is 0 Å². The fraction of sp³-hybridized carbons (Fsp3) is 0.143. The highest BCUT2D eigenvalue weighted by atomic mass is 14.4. The molecule has 2 aliphatic rings. The van der Waals surface area contributed by atoms with Crippen molar-refractivity contribution in [1.82, 2.24) is 0 Å². The van der Waals surface area contributed by atoms with Crippen LogP contribution in [0.3, 0.4) is 0 Å². The van der Waals surface area contributed by atoms with E-state index in [2.05, 4.69) is 98.8 Å². The van der Waals surface area contributed by atoms with E-state index in [-0.39, 0.29) is 0 Å². The van der Waals surface area contributed by atoms with E-state index in [1.54, 1.807) is 0 Å². The lowest BCUT2D eigenvalue weighted by Crippen LogP contribution is -2.12. The van der Waals surface area contributed by atoms with Gasteiger partial charge in [-0.3, -0.25) is 0 Å². The second-order valence-electron chi connectivity index (χ2n) is 8.20. The maximum absolute atomic E-state index is 2.35. The maximum Gasteiger partial charge on any atom is 0.0214 e. The summed E-state index contributed by atoms with van der Waals surface area (Å²) in [6, 6.07) is 31.6. The Hall–Kier alpha value is -3.12. The third-order valence-corrected chi connectivity index (χ3v) is 6.78. The molecule has 0 N–H and O–H groups in total. The zero-order valence-corrected chi connectivity index (χ0v) is 16.2. The van der Waals surface area contributed by atoms with Crippen LogP contribution >= 0.6 is 0 Å². The summed E-state index contributed by atoms with van der Waals surface area (Å²) in [7, 11) is 0. The van der Waals surface area contributed by atoms with Crippen LogP contribution in [0.4, 0.5) is 0 Å². The molecule has 0 saturated carbocycles. The predicted octanol–water partition coefficient (Wildman–Crippen LogP) is 7.23. The summed E-state index contributed by atoms with van der Waals surface area (Å²) in [5.74, 6) is 0.742. The number of rotatable bonds is 1. The van der Waals surface area contributed by atoms with Gasteiger partial charge in [-0.2, -0.15) is 0 Å². The molecule has 0 heterocycles. The monoisotopic (exact) mass is 358 g/mol. The first-order chi connectivity index (χ1) is 13.8. The third-order valence-electron chi connectivity index (χ3n) is 6.78. The van der Waals surface area contributed by atoms with Crippen LogP contribution in [-0.2, 0) is 0 Å². The van der Waals surface area contributed by atoms with Crippen LogP contribution in [0, 0.1) is 13.8 Å². The summed E-state index contributed by atoms with van der Waals surface area (Å²) >= 11 is 0. The third kappa shape index (κ3) is 1.95. The molecule has 0 saturated heterocycles. The molecule has 4 aromatic rings. The Bertz CT molecular complexity index is 1150. The standard InChI is InChI=1S/C28H22/c1-17-9-7-15-21-19-11-3-5-13-23(19)27(25(17)21)28-24-14-6-4-12-20(24)22-16-8-10-18(2)26(22)28/h3-16,27-28H,1-2H3. The summed E-state index contributed by atoms with van der Waals surface area (Å²) in [5, 5.41) is 0. The molecule has 0 bridgehead atoms. The van der Waals surface area contributed by atoms with Crippen molar-refractivity contribution in [2.75, 3.05) is 0 Å². The van der Waals surface area contributed by atoms with Gasteiger partial charge < -0.3 is 0 Å². The van der Waals surface area contributed by atoms with Gasteiger partial charge in [0.05, 0.1) is 0 Å². The molecule has 0 amide bonds. The molecule has 28 heavy (non-hydrogen) atoms. The van der Waals surface area contributed by atoms with E-state index < -0.39 is 0 Å². The minimum Gasteiger partial charge on any atom is -0.0619 e. The van der Waals surface area contributed by atoms with Crippen molar-refractivity contribution < 1.29 is 0 Å². The van der Waals surface area contributed by atoms with Crippen molar-refractivity contribution >= 4 is 0 Å². The maximum atomic E-state index is 2.35. The number of hydrogen-bond donors (Lipinski definition) is 0. The fourth-order valence-corrected chi connectivity index (χ4v) is 5.69. The van der Waals surface area contributed by atoms with Crippen molar-refractivity contribution in [1.29, 1.82) is 0 Å². The molecule has 0 heteroatoms. The molecule has 0 aliphatic heterocycles. The van der Waals surface area contributed by atoms with E-state index in [4.69, 9.17) is 0 Å². The van der Waals surface area contributed by atoms with Crippen molar-refractivity contribution in [3.05, 3.63) is 118 Å². The summed E-state index contributed by atoms with van der Waals surface area (Å²) in [4.78, 5) is 0. The Kier molecular flexibility index (Phi) is 3.23. The zero-order chi connectivity index (χ0) is 18.8. The van der Waals surface area contributed by atoms with Crippen molar-refractivity contribution in [3.8, 4) is 22.3 Å². The van der Waals surface area contributed by atoms with Gasteiger partial charge in [-0.25, -0.2) is 0 Å². The highest BCUT2D eigenvalue weighted by Crippen LogP contribution is 2.59. The Morgan fingerprint density at radius 3 is 1.29 bits per heavy atom. The second-order valence-corrected chi connectivity index (χ2v) is 8.20. The van der Waals surface area contributed by atoms with Crippen LogP contribution in [0.5, 0.6) is 0 Å². The highest BCUT2D eigenvalue weighted by molar-refractivity contribution is 5.86. The van der Waals surface area contributed by atoms with E-state index in [0.29, 0.717) is 11.8 Å². The second kappa shape index (κ2) is 5.69. The average Bonchev–Trinajstić information content (AvgIpc) is 3.23. The van der Waals surface area contributed by atoms with Gasteiger partial charge in [0.2, 0.25) is 0 Å². The lowest BCUT2D eigenvalue weighted by atomic mass is 9.76. The van der Waals surface area contributed by atoms with Gasteiger partial charge in [-0.1, -0.05) is 84.9 Å². The zero-order valence-electron chi connectivity index (χ0n) is 16.2. The molecular formula is C28H22. The normalized spacial score (nSPS) is 18.4. The van der Waals surface area contributed by atoms with E-state index in [0.717, 1.165) is 0 Å². The number of hydrogen-bond acceptors (Lipinski definition) is 0. The number of fused-ring (bicyclic) bond motifs is 6. The van der Waals surface area contributed by atoms with Gasteiger partial charge in [0.25, 0.3) is 0 Å². The molecule has 4 aromatic carbocycles. The molecule has 2 unspecified atom stereocenters. The minimum absolute atomic E-state index is 0.371. The first-order valence-corrected chi connectivity index (χ1v) is 10.1. The SMILES string of the molecule is Cc1cccc2c1C(C1c3ccccc3-c3cccc(C)c31)c1ccccc1-2. The number of aryl methyl sites for hydroxylation is 2. The number of benzene rings is 4. The summed E-state index contributed by atoms with van der Waals surface area (Å²) in [6.07, 6.45) is 0. The molecule has 0 fully saturated rings. The van der Waals surface area contributed by atoms with Crippen LogP contribution in [0.2, 0.25) is 0 Å². The van der Waals surface area contributed by atoms with Gasteiger partial charge in [-0.15, -0.1) is 0 Å². The summed E-state index contributed by atoms with van der Waals surface area (Å²) in [5.41, 5.74) is 14.4. The topological polar surface area (TPSA) is 0 Å². The Labute approximate surface area is 166 Å². The first-order valence-electron chi connectivity index (χ1n) is 10.1. The smallest absolute Gasteiger partial charge is 0.0214 e. The molecule has 2 aliphatic carbocycles. The van der Waals surface area contributed by atoms with Crippen LogP contribution in [0.1, 0.15) is 45.2 Å². The molecule has 0 aromatic heterocycles. The van der Waals surface area contributed by atoms with Crippen LogP contribution in [0.15, 0.2) is 84.9 Å². The minimum atomic E-state index is 0.371. The lowest BCUT2D eigenvalue weighted by molar-refractivity contribution is 0.716. The van der Waals surface area contributed by atoms with E-state index in [1.165, 1.54) is 55.6 Å². The predicted molar refractivity (Wildman–Crippen MR) is 117 cm³/mol. The molecule has 0 radical (unpaired) electrons. The van der Waals surface area contributed by atoms with Crippen LogP contribution in [0.25, 0.3) is 22.3 Å². The molecule has 134 valence electrons. The quantitative estimate of drug-likeness (QED) is 0.337. The van der Waals surface area contributed by atoms with Gasteiger partial charge in [0.1, 0.15) is 0 Å².